The maximum Gasteiger partial charge on any atom is 0.309 e. The van der Waals surface area contributed by atoms with E-state index in [2.05, 4.69) is 0 Å². The van der Waals surface area contributed by atoms with Crippen LogP contribution in [-0.4, -0.2) is 46.3 Å². The van der Waals surface area contributed by atoms with Crippen LogP contribution >= 0.6 is 0 Å². The lowest BCUT2D eigenvalue weighted by Gasteiger charge is -2.31. The van der Waals surface area contributed by atoms with Crippen LogP contribution in [0.2, 0.25) is 0 Å². The molecule has 0 spiro atoms. The summed E-state index contributed by atoms with van der Waals surface area (Å²) >= 11 is 0. The number of esters is 1. The predicted octanol–water partition coefficient (Wildman–Crippen LogP) is 4.71. The number of piperidine rings is 1. The molecule has 1 amide bonds. The van der Waals surface area contributed by atoms with Crippen molar-refractivity contribution in [3.05, 3.63) is 71.2 Å². The SMILES string of the molecule is CCOC(=O)C1CCN(C(=O)c2cc(-c3ccc(F)cc3)nn2-c2cc(C)ccc2C)CC1. The first-order valence-electron chi connectivity index (χ1n) is 11.3. The van der Waals surface area contributed by atoms with Gasteiger partial charge in [-0.05, 0) is 81.1 Å². The number of hydrogen-bond donors (Lipinski definition) is 0. The first kappa shape index (κ1) is 22.7. The van der Waals surface area contributed by atoms with Gasteiger partial charge in [0.2, 0.25) is 0 Å². The van der Waals surface area contributed by atoms with Gasteiger partial charge < -0.3 is 9.64 Å². The van der Waals surface area contributed by atoms with Gasteiger partial charge in [-0.3, -0.25) is 9.59 Å². The van der Waals surface area contributed by atoms with E-state index in [9.17, 15) is 14.0 Å². The van der Waals surface area contributed by atoms with Gasteiger partial charge in [-0.2, -0.15) is 5.10 Å². The van der Waals surface area contributed by atoms with Gasteiger partial charge >= 0.3 is 5.97 Å². The third-order valence-corrected chi connectivity index (χ3v) is 6.06. The maximum absolute atomic E-state index is 13.6. The molecule has 2 aromatic carbocycles. The molecule has 1 aliphatic rings. The summed E-state index contributed by atoms with van der Waals surface area (Å²) in [5, 5.41) is 4.74. The quantitative estimate of drug-likeness (QED) is 0.529. The number of ether oxygens (including phenoxy) is 1. The number of benzene rings is 2. The first-order chi connectivity index (χ1) is 15.9. The van der Waals surface area contributed by atoms with Gasteiger partial charge in [0.25, 0.3) is 5.91 Å². The summed E-state index contributed by atoms with van der Waals surface area (Å²) in [5.74, 6) is -0.830. The summed E-state index contributed by atoms with van der Waals surface area (Å²) < 4.78 is 20.3. The van der Waals surface area contributed by atoms with Gasteiger partial charge in [-0.25, -0.2) is 9.07 Å². The highest BCUT2D eigenvalue weighted by atomic mass is 19.1. The van der Waals surface area contributed by atoms with Crippen molar-refractivity contribution < 1.29 is 18.7 Å². The Bertz CT molecular complexity index is 1160. The minimum Gasteiger partial charge on any atom is -0.466 e. The Kier molecular flexibility index (Phi) is 6.58. The summed E-state index contributed by atoms with van der Waals surface area (Å²) in [6, 6.07) is 13.9. The number of carbonyl (C=O) groups is 2. The molecular formula is C26H28FN3O3. The summed E-state index contributed by atoms with van der Waals surface area (Å²) in [6.45, 7) is 7.09. The fraction of sp³-hybridized carbons (Fsp3) is 0.346. The molecule has 7 heteroatoms. The highest BCUT2D eigenvalue weighted by Crippen LogP contribution is 2.27. The van der Waals surface area contributed by atoms with Crippen molar-refractivity contribution in [1.29, 1.82) is 0 Å². The van der Waals surface area contributed by atoms with E-state index in [1.54, 1.807) is 34.7 Å². The predicted molar refractivity (Wildman–Crippen MR) is 124 cm³/mol. The van der Waals surface area contributed by atoms with Crippen molar-refractivity contribution in [2.24, 2.45) is 5.92 Å². The highest BCUT2D eigenvalue weighted by molar-refractivity contribution is 5.94. The second kappa shape index (κ2) is 9.57. The van der Waals surface area contributed by atoms with E-state index in [4.69, 9.17) is 9.84 Å². The van der Waals surface area contributed by atoms with Crippen LogP contribution in [0.5, 0.6) is 0 Å². The standard InChI is InChI=1S/C26H28FN3O3/c1-4-33-26(32)20-11-13-29(14-12-20)25(31)24-16-22(19-7-9-21(27)10-8-19)28-30(24)23-15-17(2)5-6-18(23)3/h5-10,15-16,20H,4,11-14H2,1-3H3. The van der Waals surface area contributed by atoms with Gasteiger partial charge in [0.05, 0.1) is 23.9 Å². The number of halogens is 1. The van der Waals surface area contributed by atoms with E-state index in [0.29, 0.717) is 43.9 Å². The lowest BCUT2D eigenvalue weighted by molar-refractivity contribution is -0.149. The summed E-state index contributed by atoms with van der Waals surface area (Å²) in [5.41, 5.74) is 4.65. The average molecular weight is 450 g/mol. The van der Waals surface area contributed by atoms with E-state index < -0.39 is 0 Å². The molecular weight excluding hydrogens is 421 g/mol. The molecule has 0 saturated carbocycles. The number of carbonyl (C=O) groups excluding carboxylic acids is 2. The molecule has 6 nitrogen and oxygen atoms in total. The second-order valence-electron chi connectivity index (χ2n) is 8.44. The normalized spacial score (nSPS) is 14.4. The second-order valence-corrected chi connectivity index (χ2v) is 8.44. The topological polar surface area (TPSA) is 64.4 Å². The fourth-order valence-electron chi connectivity index (χ4n) is 4.17. The molecule has 1 aromatic heterocycles. The monoisotopic (exact) mass is 449 g/mol. The van der Waals surface area contributed by atoms with Crippen LogP contribution in [0.3, 0.4) is 0 Å². The third-order valence-electron chi connectivity index (χ3n) is 6.06. The van der Waals surface area contributed by atoms with Gasteiger partial charge in [-0.15, -0.1) is 0 Å². The molecule has 1 saturated heterocycles. The van der Waals surface area contributed by atoms with Crippen LogP contribution in [0.25, 0.3) is 16.9 Å². The van der Waals surface area contributed by atoms with Crippen LogP contribution in [0, 0.1) is 25.6 Å². The van der Waals surface area contributed by atoms with E-state index in [0.717, 1.165) is 22.4 Å². The molecule has 0 N–H and O–H groups in total. The van der Waals surface area contributed by atoms with Crippen molar-refractivity contribution in [1.82, 2.24) is 14.7 Å². The van der Waals surface area contributed by atoms with Crippen molar-refractivity contribution in [2.75, 3.05) is 19.7 Å². The Hall–Kier alpha value is -3.48. The zero-order valence-corrected chi connectivity index (χ0v) is 19.2. The van der Waals surface area contributed by atoms with Crippen LogP contribution in [0.15, 0.2) is 48.5 Å². The molecule has 0 aliphatic carbocycles. The first-order valence-corrected chi connectivity index (χ1v) is 11.3. The summed E-state index contributed by atoms with van der Waals surface area (Å²) in [6.07, 6.45) is 1.15. The molecule has 0 bridgehead atoms. The number of likely N-dealkylation sites (tertiary alicyclic amines) is 1. The minimum atomic E-state index is -0.325. The smallest absolute Gasteiger partial charge is 0.309 e. The molecule has 2 heterocycles. The number of hydrogen-bond acceptors (Lipinski definition) is 4. The van der Waals surface area contributed by atoms with E-state index in [1.807, 2.05) is 32.0 Å². The van der Waals surface area contributed by atoms with Crippen molar-refractivity contribution in [2.45, 2.75) is 33.6 Å². The van der Waals surface area contributed by atoms with Crippen LogP contribution < -0.4 is 0 Å². The van der Waals surface area contributed by atoms with Gasteiger partial charge in [-0.1, -0.05) is 12.1 Å². The van der Waals surface area contributed by atoms with Crippen LogP contribution in [0.1, 0.15) is 41.4 Å². The minimum absolute atomic E-state index is 0.140. The lowest BCUT2D eigenvalue weighted by Crippen LogP contribution is -2.41. The highest BCUT2D eigenvalue weighted by Gasteiger charge is 2.30. The molecule has 0 atom stereocenters. The fourth-order valence-corrected chi connectivity index (χ4v) is 4.17. The molecule has 3 aromatic rings. The van der Waals surface area contributed by atoms with Gasteiger partial charge in [0, 0.05) is 18.7 Å². The Morgan fingerprint density at radius 1 is 1.06 bits per heavy atom. The lowest BCUT2D eigenvalue weighted by atomic mass is 9.97. The number of rotatable bonds is 5. The molecule has 4 rings (SSSR count). The zero-order valence-electron chi connectivity index (χ0n) is 19.2. The zero-order chi connectivity index (χ0) is 23.5. The number of aromatic nitrogens is 2. The Morgan fingerprint density at radius 2 is 1.76 bits per heavy atom. The largest absolute Gasteiger partial charge is 0.466 e. The van der Waals surface area contributed by atoms with Gasteiger partial charge in [0.1, 0.15) is 11.5 Å². The van der Waals surface area contributed by atoms with Crippen molar-refractivity contribution >= 4 is 11.9 Å². The van der Waals surface area contributed by atoms with E-state index in [1.165, 1.54) is 12.1 Å². The number of aryl methyl sites for hydroxylation is 2. The Balaban J connectivity index is 1.68. The van der Waals surface area contributed by atoms with E-state index >= 15 is 0 Å². The molecule has 0 radical (unpaired) electrons. The summed E-state index contributed by atoms with van der Waals surface area (Å²) in [4.78, 5) is 27.4. The molecule has 1 aliphatic heterocycles. The molecule has 172 valence electrons. The number of nitrogens with zero attached hydrogens (tertiary/aromatic N) is 3. The van der Waals surface area contributed by atoms with E-state index in [-0.39, 0.29) is 23.6 Å². The molecule has 0 unspecified atom stereocenters. The maximum atomic E-state index is 13.6. The Morgan fingerprint density at radius 3 is 2.42 bits per heavy atom. The summed E-state index contributed by atoms with van der Waals surface area (Å²) in [7, 11) is 0. The number of amides is 1. The van der Waals surface area contributed by atoms with Crippen molar-refractivity contribution in [3.63, 3.8) is 0 Å². The average Bonchev–Trinajstić information content (AvgIpc) is 3.26. The molecule has 33 heavy (non-hydrogen) atoms. The van der Waals surface area contributed by atoms with Gasteiger partial charge in [0.15, 0.2) is 0 Å². The van der Waals surface area contributed by atoms with Crippen molar-refractivity contribution in [3.8, 4) is 16.9 Å². The van der Waals surface area contributed by atoms with Crippen LogP contribution in [0.4, 0.5) is 4.39 Å². The van der Waals surface area contributed by atoms with Crippen LogP contribution in [-0.2, 0) is 9.53 Å². The third kappa shape index (κ3) is 4.82. The Labute approximate surface area is 193 Å². The molecule has 1 fully saturated rings.